The topological polar surface area (TPSA) is 80.8 Å². The molecule has 2 fully saturated rings. The van der Waals surface area contributed by atoms with E-state index in [0.29, 0.717) is 41.6 Å². The minimum Gasteiger partial charge on any atom is -0.357 e. The molecule has 1 aromatic heterocycles. The van der Waals surface area contributed by atoms with Gasteiger partial charge in [0.2, 0.25) is 5.91 Å². The molecule has 2 saturated heterocycles. The first-order chi connectivity index (χ1) is 19.1. The Morgan fingerprint density at radius 3 is 2.45 bits per heavy atom. The van der Waals surface area contributed by atoms with Crippen molar-refractivity contribution in [2.24, 2.45) is 0 Å². The van der Waals surface area contributed by atoms with Gasteiger partial charge in [-0.25, -0.2) is 4.98 Å². The van der Waals surface area contributed by atoms with E-state index in [9.17, 15) is 9.59 Å². The predicted octanol–water partition coefficient (Wildman–Crippen LogP) is 4.10. The van der Waals surface area contributed by atoms with E-state index in [1.165, 1.54) is 5.56 Å². The van der Waals surface area contributed by atoms with E-state index < -0.39 is 0 Å². The van der Waals surface area contributed by atoms with Gasteiger partial charge in [-0.2, -0.15) is 0 Å². The Morgan fingerprint density at radius 2 is 1.82 bits per heavy atom. The summed E-state index contributed by atoms with van der Waals surface area (Å²) in [6.07, 6.45) is 2.86. The second-order valence-corrected chi connectivity index (χ2v) is 11.7. The number of hydrogen-bond donors (Lipinski definition) is 2. The van der Waals surface area contributed by atoms with Gasteiger partial charge >= 0.3 is 0 Å². The maximum absolute atomic E-state index is 12.8. The van der Waals surface area contributed by atoms with Gasteiger partial charge in [-0.1, -0.05) is 41.9 Å². The molecular weight excluding hydrogens is 544 g/mol. The van der Waals surface area contributed by atoms with Crippen molar-refractivity contribution in [2.75, 3.05) is 33.2 Å². The van der Waals surface area contributed by atoms with Crippen molar-refractivity contribution in [3.05, 3.63) is 63.9 Å². The SMILES string of the molecule is CNC(=O)C(C)N1C[C@@H](c2ccccc2)N(C2CCN(C(C)CCNC(=O)c3c(C)cc(Cl)nc3C)CC2)C1=S. The molecule has 0 spiro atoms. The van der Waals surface area contributed by atoms with Gasteiger partial charge in [-0.15, -0.1) is 0 Å². The molecule has 3 atom stereocenters. The lowest BCUT2D eigenvalue weighted by Gasteiger charge is -2.42. The van der Waals surface area contributed by atoms with Gasteiger partial charge < -0.3 is 25.3 Å². The van der Waals surface area contributed by atoms with Crippen LogP contribution in [0.15, 0.2) is 36.4 Å². The molecule has 2 aliphatic heterocycles. The van der Waals surface area contributed by atoms with Crippen molar-refractivity contribution >= 4 is 40.7 Å². The number of thiocarbonyl (C=S) groups is 1. The minimum absolute atomic E-state index is 0.0237. The highest BCUT2D eigenvalue weighted by Crippen LogP contribution is 2.36. The fourth-order valence-corrected chi connectivity index (χ4v) is 6.86. The number of halogens is 1. The maximum Gasteiger partial charge on any atom is 0.253 e. The number of aromatic nitrogens is 1. The lowest BCUT2D eigenvalue weighted by atomic mass is 9.98. The van der Waals surface area contributed by atoms with E-state index in [2.05, 4.69) is 61.5 Å². The molecule has 2 aliphatic rings. The monoisotopic (exact) mass is 584 g/mol. The smallest absolute Gasteiger partial charge is 0.253 e. The number of nitrogens with one attached hydrogen (secondary N) is 2. The maximum atomic E-state index is 12.8. The van der Waals surface area contributed by atoms with Gasteiger partial charge in [-0.3, -0.25) is 9.59 Å². The van der Waals surface area contributed by atoms with Crippen LogP contribution in [0.4, 0.5) is 0 Å². The van der Waals surface area contributed by atoms with Crippen LogP contribution in [0, 0.1) is 13.8 Å². The Balaban J connectivity index is 1.35. The quantitative estimate of drug-likeness (QED) is 0.339. The average molecular weight is 585 g/mol. The number of pyridine rings is 1. The summed E-state index contributed by atoms with van der Waals surface area (Å²) in [6.45, 7) is 11.1. The lowest BCUT2D eigenvalue weighted by Crippen LogP contribution is -2.51. The predicted molar refractivity (Wildman–Crippen MR) is 164 cm³/mol. The molecule has 10 heteroatoms. The van der Waals surface area contributed by atoms with Crippen LogP contribution in [-0.2, 0) is 4.79 Å². The van der Waals surface area contributed by atoms with Gasteiger partial charge in [0.25, 0.3) is 5.91 Å². The second kappa shape index (κ2) is 13.3. The van der Waals surface area contributed by atoms with Crippen LogP contribution in [0.2, 0.25) is 5.15 Å². The molecule has 0 aliphatic carbocycles. The number of likely N-dealkylation sites (N-methyl/N-ethyl adjacent to an activating group) is 1. The first-order valence-electron chi connectivity index (χ1n) is 14.1. The first-order valence-corrected chi connectivity index (χ1v) is 14.9. The van der Waals surface area contributed by atoms with Crippen molar-refractivity contribution in [1.29, 1.82) is 0 Å². The fourth-order valence-electron chi connectivity index (χ4n) is 6.06. The fraction of sp³-hybridized carbons (Fsp3) is 0.533. The average Bonchev–Trinajstić information content (AvgIpc) is 3.28. The number of amides is 2. The highest BCUT2D eigenvalue weighted by atomic mass is 35.5. The van der Waals surface area contributed by atoms with E-state index in [-0.39, 0.29) is 23.9 Å². The molecule has 2 N–H and O–H groups in total. The third kappa shape index (κ3) is 6.58. The van der Waals surface area contributed by atoms with Crippen LogP contribution in [-0.4, -0.2) is 88.0 Å². The summed E-state index contributed by atoms with van der Waals surface area (Å²) in [4.78, 5) is 36.5. The van der Waals surface area contributed by atoms with Crippen LogP contribution in [0.3, 0.4) is 0 Å². The summed E-state index contributed by atoms with van der Waals surface area (Å²) >= 11 is 12.0. The van der Waals surface area contributed by atoms with Gasteiger partial charge in [0.05, 0.1) is 17.3 Å². The zero-order valence-corrected chi connectivity index (χ0v) is 25.7. The van der Waals surface area contributed by atoms with Gasteiger partial charge in [-0.05, 0) is 76.4 Å². The molecule has 4 rings (SSSR count). The van der Waals surface area contributed by atoms with Crippen LogP contribution < -0.4 is 10.6 Å². The van der Waals surface area contributed by atoms with E-state index in [0.717, 1.165) is 43.0 Å². The number of aryl methyl sites for hydroxylation is 2. The zero-order chi connectivity index (χ0) is 29.0. The Bertz CT molecular complexity index is 1200. The summed E-state index contributed by atoms with van der Waals surface area (Å²) in [6, 6.07) is 12.7. The molecule has 216 valence electrons. The summed E-state index contributed by atoms with van der Waals surface area (Å²) in [7, 11) is 1.67. The molecule has 8 nitrogen and oxygen atoms in total. The first kappa shape index (κ1) is 30.2. The number of likely N-dealkylation sites (tertiary alicyclic amines) is 1. The normalized spacial score (nSPS) is 19.9. The summed E-state index contributed by atoms with van der Waals surface area (Å²) in [5, 5.41) is 7.01. The summed E-state index contributed by atoms with van der Waals surface area (Å²) in [5.41, 5.74) is 3.31. The van der Waals surface area contributed by atoms with Crippen molar-refractivity contribution in [3.63, 3.8) is 0 Å². The molecule has 0 radical (unpaired) electrons. The molecule has 2 unspecified atom stereocenters. The van der Waals surface area contributed by atoms with E-state index in [4.69, 9.17) is 23.8 Å². The molecule has 0 saturated carbocycles. The van der Waals surface area contributed by atoms with Crippen LogP contribution >= 0.6 is 23.8 Å². The number of rotatable bonds is 9. The molecule has 2 aromatic rings. The lowest BCUT2D eigenvalue weighted by molar-refractivity contribution is -0.124. The van der Waals surface area contributed by atoms with E-state index >= 15 is 0 Å². The van der Waals surface area contributed by atoms with Crippen LogP contribution in [0.5, 0.6) is 0 Å². The number of carbonyl (C=O) groups is 2. The van der Waals surface area contributed by atoms with Crippen molar-refractivity contribution in [1.82, 2.24) is 30.3 Å². The minimum atomic E-state index is -0.319. The highest BCUT2D eigenvalue weighted by molar-refractivity contribution is 7.80. The molecule has 2 amide bonds. The summed E-state index contributed by atoms with van der Waals surface area (Å²) in [5.74, 6) is -0.125. The number of piperidine rings is 1. The largest absolute Gasteiger partial charge is 0.357 e. The van der Waals surface area contributed by atoms with Gasteiger partial charge in [0, 0.05) is 45.3 Å². The van der Waals surface area contributed by atoms with E-state index in [1.807, 2.05) is 26.8 Å². The van der Waals surface area contributed by atoms with Crippen LogP contribution in [0.25, 0.3) is 0 Å². The van der Waals surface area contributed by atoms with Gasteiger partial charge in [0.1, 0.15) is 11.2 Å². The standard InChI is InChI=1S/C30H41ClN6O2S/c1-19-17-26(31)34-21(3)27(19)29(39)33-14-11-20(2)35-15-12-24(13-16-35)37-25(23-9-7-6-8-10-23)18-36(30(37)40)22(4)28(38)32-5/h6-10,17,20,22,24-25H,11-16,18H2,1-5H3,(H,32,38)(H,33,39)/t20?,22?,25-/m0/s1. The van der Waals surface area contributed by atoms with E-state index in [1.54, 1.807) is 13.1 Å². The highest BCUT2D eigenvalue weighted by Gasteiger charge is 2.43. The van der Waals surface area contributed by atoms with Crippen molar-refractivity contribution in [3.8, 4) is 0 Å². The zero-order valence-electron chi connectivity index (χ0n) is 24.1. The Labute approximate surface area is 248 Å². The molecule has 40 heavy (non-hydrogen) atoms. The third-order valence-corrected chi connectivity index (χ3v) is 9.05. The Morgan fingerprint density at radius 1 is 1.15 bits per heavy atom. The molecule has 1 aromatic carbocycles. The van der Waals surface area contributed by atoms with Crippen LogP contribution in [0.1, 0.15) is 66.3 Å². The molecule has 3 heterocycles. The second-order valence-electron chi connectivity index (χ2n) is 10.9. The van der Waals surface area contributed by atoms with Gasteiger partial charge in [0.15, 0.2) is 5.11 Å². The van der Waals surface area contributed by atoms with Crippen molar-refractivity contribution in [2.45, 2.75) is 71.1 Å². The number of nitrogens with zero attached hydrogens (tertiary/aromatic N) is 4. The number of hydrogen-bond acceptors (Lipinski definition) is 5. The Hall–Kier alpha value is -2.75. The Kier molecular flexibility index (Phi) is 10.0. The van der Waals surface area contributed by atoms with Crippen molar-refractivity contribution < 1.29 is 9.59 Å². The number of carbonyl (C=O) groups excluding carboxylic acids is 2. The molecule has 0 bridgehead atoms. The number of benzene rings is 1. The summed E-state index contributed by atoms with van der Waals surface area (Å²) < 4.78 is 0. The molecular formula is C30H41ClN6O2S. The third-order valence-electron chi connectivity index (χ3n) is 8.41.